The van der Waals surface area contributed by atoms with E-state index in [0.29, 0.717) is 12.1 Å². The van der Waals surface area contributed by atoms with Crippen molar-refractivity contribution in [2.24, 2.45) is 11.7 Å². The molecule has 0 unspecified atom stereocenters. The van der Waals surface area contributed by atoms with Gasteiger partial charge in [-0.25, -0.2) is 8.42 Å². The number of carbonyl (C=O) groups is 2. The van der Waals surface area contributed by atoms with Gasteiger partial charge in [-0.3, -0.25) is 9.59 Å². The van der Waals surface area contributed by atoms with E-state index >= 15 is 0 Å². The summed E-state index contributed by atoms with van der Waals surface area (Å²) in [5.74, 6) is -0.419. The minimum absolute atomic E-state index is 0.0254. The quantitative estimate of drug-likeness (QED) is 0.658. The van der Waals surface area contributed by atoms with E-state index in [4.69, 9.17) is 5.73 Å². The molecule has 0 spiro atoms. The van der Waals surface area contributed by atoms with E-state index in [-0.39, 0.29) is 42.3 Å². The van der Waals surface area contributed by atoms with Gasteiger partial charge in [0.1, 0.15) is 0 Å². The van der Waals surface area contributed by atoms with Crippen molar-refractivity contribution in [1.29, 1.82) is 0 Å². The summed E-state index contributed by atoms with van der Waals surface area (Å²) in [6, 6.07) is 5.29. The van der Waals surface area contributed by atoms with Crippen LogP contribution in [0, 0.1) is 5.92 Å². The molecule has 1 aliphatic rings. The normalized spacial score (nSPS) is 17.2. The maximum absolute atomic E-state index is 12.7. The molecule has 2 rings (SSSR count). The number of rotatable bonds is 6. The molecule has 1 fully saturated rings. The van der Waals surface area contributed by atoms with E-state index in [9.17, 15) is 18.0 Å². The zero-order valence-corrected chi connectivity index (χ0v) is 15.2. The van der Waals surface area contributed by atoms with Crippen molar-refractivity contribution in [3.05, 3.63) is 24.3 Å². The molecular weight excluding hydrogens is 344 g/mol. The summed E-state index contributed by atoms with van der Waals surface area (Å²) >= 11 is 0. The molecule has 138 valence electrons. The topological polar surface area (TPSA) is 122 Å². The molecule has 0 radical (unpaired) electrons. The Kier molecular flexibility index (Phi) is 6.15. The maximum atomic E-state index is 12.7. The van der Waals surface area contributed by atoms with Crippen molar-refractivity contribution >= 4 is 27.5 Å². The Morgan fingerprint density at radius 3 is 2.76 bits per heavy atom. The molecule has 1 aromatic rings. The van der Waals surface area contributed by atoms with Gasteiger partial charge < -0.3 is 16.4 Å². The summed E-state index contributed by atoms with van der Waals surface area (Å²) in [7, 11) is -3.80. The molecule has 1 atom stereocenters. The number of nitrogens with zero attached hydrogens (tertiary/aromatic N) is 1. The fraction of sp³-hybridized carbons (Fsp3) is 0.500. The van der Waals surface area contributed by atoms with Crippen LogP contribution in [0.25, 0.3) is 0 Å². The van der Waals surface area contributed by atoms with Gasteiger partial charge in [0.15, 0.2) is 0 Å². The van der Waals surface area contributed by atoms with Gasteiger partial charge in [-0.2, -0.15) is 4.31 Å². The monoisotopic (exact) mass is 368 g/mol. The van der Waals surface area contributed by atoms with Gasteiger partial charge in [-0.05, 0) is 30.5 Å². The first-order valence-corrected chi connectivity index (χ1v) is 9.57. The van der Waals surface area contributed by atoms with E-state index in [1.165, 1.54) is 12.1 Å². The van der Waals surface area contributed by atoms with Crippen LogP contribution in [-0.2, 0) is 19.6 Å². The lowest BCUT2D eigenvalue weighted by atomic mass is 10.0. The van der Waals surface area contributed by atoms with Crippen molar-refractivity contribution < 1.29 is 18.0 Å². The van der Waals surface area contributed by atoms with Gasteiger partial charge in [0.25, 0.3) is 0 Å². The number of anilines is 1. The van der Waals surface area contributed by atoms with Gasteiger partial charge in [0, 0.05) is 18.8 Å². The lowest BCUT2D eigenvalue weighted by molar-refractivity contribution is -0.122. The lowest BCUT2D eigenvalue weighted by Crippen LogP contribution is -2.49. The van der Waals surface area contributed by atoms with Crippen molar-refractivity contribution in [1.82, 2.24) is 9.62 Å². The molecule has 8 nitrogen and oxygen atoms in total. The Bertz CT molecular complexity index is 748. The van der Waals surface area contributed by atoms with E-state index in [2.05, 4.69) is 10.6 Å². The molecule has 9 heteroatoms. The van der Waals surface area contributed by atoms with Crippen LogP contribution in [0.1, 0.15) is 20.3 Å². The van der Waals surface area contributed by atoms with Gasteiger partial charge in [-0.15, -0.1) is 0 Å². The minimum Gasteiger partial charge on any atom is -0.354 e. The van der Waals surface area contributed by atoms with Gasteiger partial charge >= 0.3 is 0 Å². The van der Waals surface area contributed by atoms with Gasteiger partial charge in [0.2, 0.25) is 21.8 Å². The molecule has 1 aromatic carbocycles. The summed E-state index contributed by atoms with van der Waals surface area (Å²) in [6.45, 7) is 4.21. The van der Waals surface area contributed by atoms with E-state index in [0.717, 1.165) is 4.31 Å². The van der Waals surface area contributed by atoms with Crippen LogP contribution < -0.4 is 16.4 Å². The number of hydrogen-bond acceptors (Lipinski definition) is 5. The number of benzene rings is 1. The number of sulfonamides is 1. The van der Waals surface area contributed by atoms with Crippen molar-refractivity contribution in [3.63, 3.8) is 0 Å². The number of nitrogens with two attached hydrogens (primary N) is 1. The molecule has 4 N–H and O–H groups in total. The predicted octanol–water partition coefficient (Wildman–Crippen LogP) is 0.119. The Hall–Kier alpha value is -1.97. The van der Waals surface area contributed by atoms with Crippen LogP contribution >= 0.6 is 0 Å². The molecule has 0 saturated carbocycles. The Morgan fingerprint density at radius 2 is 2.12 bits per heavy atom. The zero-order valence-electron chi connectivity index (χ0n) is 14.4. The third-order valence-electron chi connectivity index (χ3n) is 3.80. The van der Waals surface area contributed by atoms with E-state index in [1.807, 2.05) is 13.8 Å². The highest BCUT2D eigenvalue weighted by Gasteiger charge is 2.29. The smallest absolute Gasteiger partial charge is 0.243 e. The first kappa shape index (κ1) is 19.4. The third-order valence-corrected chi connectivity index (χ3v) is 5.65. The summed E-state index contributed by atoms with van der Waals surface area (Å²) in [6.07, 6.45) is 0.534. The second kappa shape index (κ2) is 7.94. The van der Waals surface area contributed by atoms with Crippen molar-refractivity contribution in [3.8, 4) is 0 Å². The van der Waals surface area contributed by atoms with Crippen LogP contribution in [0.5, 0.6) is 0 Å². The second-order valence-electron chi connectivity index (χ2n) is 6.44. The molecule has 25 heavy (non-hydrogen) atoms. The summed E-state index contributed by atoms with van der Waals surface area (Å²) in [5, 5.41) is 5.23. The number of amides is 2. The molecule has 2 amide bonds. The number of piperazine rings is 1. The average Bonchev–Trinajstić information content (AvgIpc) is 2.54. The van der Waals surface area contributed by atoms with Crippen LogP contribution in [-0.4, -0.2) is 50.2 Å². The molecule has 1 heterocycles. The van der Waals surface area contributed by atoms with Crippen LogP contribution in [0.2, 0.25) is 0 Å². The Labute approximate surface area is 147 Å². The first-order valence-electron chi connectivity index (χ1n) is 8.13. The SMILES string of the molecule is CC(C)C[C@H](N)C(=O)Nc1cccc(S(=O)(=O)N2CCNC(=O)C2)c1. The van der Waals surface area contributed by atoms with Gasteiger partial charge in [0.05, 0.1) is 17.5 Å². The highest BCUT2D eigenvalue weighted by atomic mass is 32.2. The van der Waals surface area contributed by atoms with E-state index < -0.39 is 16.1 Å². The highest BCUT2D eigenvalue weighted by molar-refractivity contribution is 7.89. The Balaban J connectivity index is 2.15. The fourth-order valence-corrected chi connectivity index (χ4v) is 4.00. The fourth-order valence-electron chi connectivity index (χ4n) is 2.55. The molecule has 1 aliphatic heterocycles. The number of carbonyl (C=O) groups excluding carboxylic acids is 2. The largest absolute Gasteiger partial charge is 0.354 e. The highest BCUT2D eigenvalue weighted by Crippen LogP contribution is 2.20. The van der Waals surface area contributed by atoms with Crippen LogP contribution in [0.4, 0.5) is 5.69 Å². The average molecular weight is 368 g/mol. The third kappa shape index (κ3) is 5.00. The lowest BCUT2D eigenvalue weighted by Gasteiger charge is -2.26. The van der Waals surface area contributed by atoms with Crippen LogP contribution in [0.3, 0.4) is 0 Å². The summed E-state index contributed by atoms with van der Waals surface area (Å²) < 4.78 is 26.4. The minimum atomic E-state index is -3.80. The standard InChI is InChI=1S/C16H24N4O4S/c1-11(2)8-14(17)16(22)19-12-4-3-5-13(9-12)25(23,24)20-7-6-18-15(21)10-20/h3-5,9,11,14H,6-8,10,17H2,1-2H3,(H,18,21)(H,19,22)/t14-/m0/s1. The summed E-state index contributed by atoms with van der Waals surface area (Å²) in [4.78, 5) is 23.6. The molecule has 0 bridgehead atoms. The van der Waals surface area contributed by atoms with E-state index in [1.54, 1.807) is 12.1 Å². The molecule has 0 aromatic heterocycles. The molecule has 1 saturated heterocycles. The number of nitrogens with one attached hydrogen (secondary N) is 2. The molecular formula is C16H24N4O4S. The van der Waals surface area contributed by atoms with Crippen molar-refractivity contribution in [2.75, 3.05) is 25.0 Å². The molecule has 0 aliphatic carbocycles. The second-order valence-corrected chi connectivity index (χ2v) is 8.38. The van der Waals surface area contributed by atoms with Crippen molar-refractivity contribution in [2.45, 2.75) is 31.2 Å². The first-order chi connectivity index (χ1) is 11.7. The Morgan fingerprint density at radius 1 is 1.40 bits per heavy atom. The van der Waals surface area contributed by atoms with Crippen LogP contribution in [0.15, 0.2) is 29.2 Å². The summed E-state index contributed by atoms with van der Waals surface area (Å²) in [5.41, 5.74) is 6.19. The zero-order chi connectivity index (χ0) is 18.6. The van der Waals surface area contributed by atoms with Gasteiger partial charge in [-0.1, -0.05) is 19.9 Å². The number of hydrogen-bond donors (Lipinski definition) is 3. The predicted molar refractivity (Wildman–Crippen MR) is 94.3 cm³/mol. The maximum Gasteiger partial charge on any atom is 0.243 e.